The Bertz CT molecular complexity index is 206. The first-order valence-electron chi connectivity index (χ1n) is 5.39. The highest BCUT2D eigenvalue weighted by Gasteiger charge is 2.18. The van der Waals surface area contributed by atoms with Gasteiger partial charge in [0.05, 0.1) is 6.10 Å². The summed E-state index contributed by atoms with van der Waals surface area (Å²) < 4.78 is 7.13. The van der Waals surface area contributed by atoms with Crippen molar-refractivity contribution in [3.63, 3.8) is 0 Å². The Morgan fingerprint density at radius 1 is 1.20 bits per heavy atom. The molecular formula is C10H20N2O2S. The molecule has 0 N–H and O–H groups in total. The van der Waals surface area contributed by atoms with Gasteiger partial charge in [0, 0.05) is 21.1 Å². The lowest BCUT2D eigenvalue weighted by molar-refractivity contribution is 0.172. The quantitative estimate of drug-likeness (QED) is 0.553. The molecule has 0 aromatic carbocycles. The van der Waals surface area contributed by atoms with Crippen molar-refractivity contribution in [2.24, 2.45) is 0 Å². The van der Waals surface area contributed by atoms with Gasteiger partial charge in [0.25, 0.3) is 0 Å². The second-order valence-electron chi connectivity index (χ2n) is 4.11. The van der Waals surface area contributed by atoms with Crippen LogP contribution in [0, 0.1) is 0 Å². The fourth-order valence-electron chi connectivity index (χ4n) is 1.60. The first-order valence-corrected chi connectivity index (χ1v) is 6.09. The number of hydrogen-bond donors (Lipinski definition) is 0. The Balaban J connectivity index is 2.20. The van der Waals surface area contributed by atoms with Crippen molar-refractivity contribution >= 4 is 18.3 Å². The first kappa shape index (κ1) is 12.6. The van der Waals surface area contributed by atoms with Gasteiger partial charge in [-0.15, -0.1) is 0 Å². The van der Waals surface area contributed by atoms with Crippen LogP contribution in [0.15, 0.2) is 0 Å². The SMILES string of the molecule is CN(C)C(=O)N(C)SOC1CCCCC1. The van der Waals surface area contributed by atoms with E-state index in [9.17, 15) is 4.79 Å². The molecule has 0 aromatic heterocycles. The average molecular weight is 232 g/mol. The maximum atomic E-state index is 11.5. The van der Waals surface area contributed by atoms with E-state index in [1.165, 1.54) is 28.5 Å². The molecule has 0 spiro atoms. The Kier molecular flexibility index (Phi) is 5.25. The molecule has 0 aromatic rings. The molecule has 15 heavy (non-hydrogen) atoms. The predicted octanol–water partition coefficient (Wildman–Crippen LogP) is 2.51. The molecule has 1 rings (SSSR count). The fourth-order valence-corrected chi connectivity index (χ4v) is 2.27. The van der Waals surface area contributed by atoms with Crippen LogP contribution in [0.4, 0.5) is 4.79 Å². The predicted molar refractivity (Wildman–Crippen MR) is 62.4 cm³/mol. The molecule has 5 heteroatoms. The molecule has 0 bridgehead atoms. The van der Waals surface area contributed by atoms with Crippen LogP contribution in [0.3, 0.4) is 0 Å². The number of carbonyl (C=O) groups is 1. The summed E-state index contributed by atoms with van der Waals surface area (Å²) in [5.41, 5.74) is 0. The Morgan fingerprint density at radius 2 is 1.80 bits per heavy atom. The van der Waals surface area contributed by atoms with E-state index in [0.717, 1.165) is 25.1 Å². The van der Waals surface area contributed by atoms with Gasteiger partial charge in [-0.05, 0) is 12.8 Å². The van der Waals surface area contributed by atoms with E-state index in [1.54, 1.807) is 21.1 Å². The van der Waals surface area contributed by atoms with Crippen LogP contribution < -0.4 is 0 Å². The van der Waals surface area contributed by atoms with Gasteiger partial charge in [-0.2, -0.15) is 0 Å². The van der Waals surface area contributed by atoms with E-state index in [0.29, 0.717) is 6.10 Å². The third kappa shape index (κ3) is 4.30. The summed E-state index contributed by atoms with van der Waals surface area (Å²) in [4.78, 5) is 13.0. The van der Waals surface area contributed by atoms with Gasteiger partial charge in [-0.1, -0.05) is 19.3 Å². The highest BCUT2D eigenvalue weighted by atomic mass is 32.2. The molecule has 0 aliphatic heterocycles. The van der Waals surface area contributed by atoms with Gasteiger partial charge in [0.1, 0.15) is 12.2 Å². The highest BCUT2D eigenvalue weighted by Crippen LogP contribution is 2.25. The van der Waals surface area contributed by atoms with Gasteiger partial charge in [0.2, 0.25) is 0 Å². The molecule has 1 fully saturated rings. The molecule has 0 atom stereocenters. The lowest BCUT2D eigenvalue weighted by atomic mass is 9.98. The summed E-state index contributed by atoms with van der Waals surface area (Å²) in [7, 11) is 5.20. The molecular weight excluding hydrogens is 212 g/mol. The molecule has 1 aliphatic carbocycles. The third-order valence-electron chi connectivity index (χ3n) is 2.50. The minimum atomic E-state index is -0.0455. The summed E-state index contributed by atoms with van der Waals surface area (Å²) in [6.45, 7) is 0. The van der Waals surface area contributed by atoms with E-state index < -0.39 is 0 Å². The zero-order chi connectivity index (χ0) is 11.3. The van der Waals surface area contributed by atoms with E-state index in [4.69, 9.17) is 4.18 Å². The summed E-state index contributed by atoms with van der Waals surface area (Å²) >= 11 is 1.16. The Hall–Kier alpha value is -0.420. The normalized spacial score (nSPS) is 17.5. The zero-order valence-electron chi connectivity index (χ0n) is 9.73. The highest BCUT2D eigenvalue weighted by molar-refractivity contribution is 7.92. The Labute approximate surface area is 96.3 Å². The van der Waals surface area contributed by atoms with Crippen LogP contribution in [0.2, 0.25) is 0 Å². The summed E-state index contributed by atoms with van der Waals surface area (Å²) in [5, 5.41) is 0. The topological polar surface area (TPSA) is 32.8 Å². The van der Waals surface area contributed by atoms with Crippen LogP contribution in [0.25, 0.3) is 0 Å². The van der Waals surface area contributed by atoms with Crippen LogP contribution in [0.5, 0.6) is 0 Å². The molecule has 0 heterocycles. The number of amides is 2. The zero-order valence-corrected chi connectivity index (χ0v) is 10.5. The van der Waals surface area contributed by atoms with Gasteiger partial charge < -0.3 is 4.90 Å². The van der Waals surface area contributed by atoms with Crippen molar-refractivity contribution in [1.29, 1.82) is 0 Å². The minimum absolute atomic E-state index is 0.0455. The summed E-state index contributed by atoms with van der Waals surface area (Å²) in [6.07, 6.45) is 6.37. The summed E-state index contributed by atoms with van der Waals surface area (Å²) in [5.74, 6) is 0. The molecule has 0 radical (unpaired) electrons. The summed E-state index contributed by atoms with van der Waals surface area (Å²) in [6, 6.07) is -0.0455. The van der Waals surface area contributed by atoms with Crippen molar-refractivity contribution in [1.82, 2.24) is 9.21 Å². The number of carbonyl (C=O) groups excluding carboxylic acids is 1. The molecule has 0 unspecified atom stereocenters. The van der Waals surface area contributed by atoms with E-state index >= 15 is 0 Å². The van der Waals surface area contributed by atoms with Gasteiger partial charge in [0.15, 0.2) is 0 Å². The van der Waals surface area contributed by atoms with E-state index in [2.05, 4.69) is 0 Å². The first-order chi connectivity index (χ1) is 7.11. The Morgan fingerprint density at radius 3 is 2.33 bits per heavy atom. The molecule has 88 valence electrons. The van der Waals surface area contributed by atoms with Crippen molar-refractivity contribution in [2.45, 2.75) is 38.2 Å². The second-order valence-corrected chi connectivity index (χ2v) is 4.99. The lowest BCUT2D eigenvalue weighted by Crippen LogP contribution is -2.32. The molecule has 2 amide bonds. The van der Waals surface area contributed by atoms with Crippen molar-refractivity contribution in [3.05, 3.63) is 0 Å². The average Bonchev–Trinajstić information content (AvgIpc) is 2.26. The van der Waals surface area contributed by atoms with Crippen molar-refractivity contribution < 1.29 is 8.98 Å². The van der Waals surface area contributed by atoms with E-state index in [-0.39, 0.29) is 6.03 Å². The van der Waals surface area contributed by atoms with Gasteiger partial charge >= 0.3 is 6.03 Å². The smallest absolute Gasteiger partial charge is 0.330 e. The monoisotopic (exact) mass is 232 g/mol. The molecule has 0 saturated heterocycles. The van der Waals surface area contributed by atoms with Crippen LogP contribution in [-0.4, -0.2) is 42.5 Å². The van der Waals surface area contributed by atoms with E-state index in [1.807, 2.05) is 0 Å². The number of urea groups is 1. The van der Waals surface area contributed by atoms with Crippen LogP contribution in [0.1, 0.15) is 32.1 Å². The molecule has 1 saturated carbocycles. The van der Waals surface area contributed by atoms with Gasteiger partial charge in [-0.25, -0.2) is 9.10 Å². The third-order valence-corrected chi connectivity index (χ3v) is 3.23. The van der Waals surface area contributed by atoms with Crippen molar-refractivity contribution in [3.8, 4) is 0 Å². The number of nitrogens with zero attached hydrogens (tertiary/aromatic N) is 2. The van der Waals surface area contributed by atoms with Crippen LogP contribution >= 0.6 is 12.2 Å². The maximum Gasteiger partial charge on any atom is 0.330 e. The number of rotatable bonds is 3. The molecule has 1 aliphatic rings. The lowest BCUT2D eigenvalue weighted by Gasteiger charge is -2.24. The maximum absolute atomic E-state index is 11.5. The molecule has 4 nitrogen and oxygen atoms in total. The van der Waals surface area contributed by atoms with Crippen LogP contribution in [-0.2, 0) is 4.18 Å². The largest absolute Gasteiger partial charge is 0.330 e. The van der Waals surface area contributed by atoms with Gasteiger partial charge in [-0.3, -0.25) is 4.18 Å². The minimum Gasteiger partial charge on any atom is -0.330 e. The standard InChI is InChI=1S/C10H20N2O2S/c1-11(2)10(13)12(3)15-14-9-7-5-4-6-8-9/h9H,4-8H2,1-3H3. The fraction of sp³-hybridized carbons (Fsp3) is 0.900. The second kappa shape index (κ2) is 6.23. The number of hydrogen-bond acceptors (Lipinski definition) is 3. The van der Waals surface area contributed by atoms with Crippen molar-refractivity contribution in [2.75, 3.05) is 21.1 Å².